The van der Waals surface area contributed by atoms with Gasteiger partial charge in [-0.25, -0.2) is 8.42 Å². The van der Waals surface area contributed by atoms with Gasteiger partial charge in [-0.3, -0.25) is 4.72 Å². The Morgan fingerprint density at radius 1 is 0.893 bits per heavy atom. The van der Waals surface area contributed by atoms with E-state index in [0.29, 0.717) is 17.5 Å². The molecule has 0 aliphatic heterocycles. The van der Waals surface area contributed by atoms with Crippen LogP contribution in [0.2, 0.25) is 0 Å². The van der Waals surface area contributed by atoms with Crippen molar-refractivity contribution in [3.05, 3.63) is 66.2 Å². The minimum atomic E-state index is -3.73. The van der Waals surface area contributed by atoms with Crippen molar-refractivity contribution < 1.29 is 13.2 Å². The molecule has 2 N–H and O–H groups in total. The number of rotatable bonds is 7. The van der Waals surface area contributed by atoms with Crippen LogP contribution in [0.4, 0.5) is 17.3 Å². The van der Waals surface area contributed by atoms with Crippen molar-refractivity contribution in [1.29, 1.82) is 0 Å². The molecule has 3 aromatic rings. The molecule has 0 spiro atoms. The Labute approximate surface area is 164 Å². The van der Waals surface area contributed by atoms with Crippen LogP contribution in [0.1, 0.15) is 25.3 Å². The van der Waals surface area contributed by atoms with E-state index >= 15 is 0 Å². The molecule has 0 amide bonds. The molecule has 146 valence electrons. The summed E-state index contributed by atoms with van der Waals surface area (Å²) in [5.41, 5.74) is 1.81. The van der Waals surface area contributed by atoms with E-state index in [-0.39, 0.29) is 10.7 Å². The molecule has 2 aromatic carbocycles. The van der Waals surface area contributed by atoms with Gasteiger partial charge < -0.3 is 10.1 Å². The Balaban J connectivity index is 1.72. The topological polar surface area (TPSA) is 93.2 Å². The largest absolute Gasteiger partial charge is 0.495 e. The first kappa shape index (κ1) is 19.6. The highest BCUT2D eigenvalue weighted by Crippen LogP contribution is 2.26. The summed E-state index contributed by atoms with van der Waals surface area (Å²) in [6, 6.07) is 17.4. The first-order valence-corrected chi connectivity index (χ1v) is 10.2. The van der Waals surface area contributed by atoms with Crippen molar-refractivity contribution in [2.75, 3.05) is 17.1 Å². The summed E-state index contributed by atoms with van der Waals surface area (Å²) in [7, 11) is -2.15. The molecule has 7 nitrogen and oxygen atoms in total. The van der Waals surface area contributed by atoms with E-state index < -0.39 is 10.0 Å². The fourth-order valence-corrected chi connectivity index (χ4v) is 3.56. The van der Waals surface area contributed by atoms with Crippen molar-refractivity contribution in [1.82, 2.24) is 10.2 Å². The lowest BCUT2D eigenvalue weighted by atomic mass is 10.0. The second kappa shape index (κ2) is 8.26. The number of nitrogens with one attached hydrogen (secondary N) is 2. The summed E-state index contributed by atoms with van der Waals surface area (Å²) in [5, 5.41) is 11.1. The van der Waals surface area contributed by atoms with Crippen LogP contribution in [0.15, 0.2) is 65.6 Å². The number of nitrogens with zero attached hydrogens (tertiary/aromatic N) is 2. The number of benzene rings is 2. The third-order valence-electron chi connectivity index (χ3n) is 4.13. The number of anilines is 3. The zero-order chi connectivity index (χ0) is 20.1. The van der Waals surface area contributed by atoms with Crippen LogP contribution >= 0.6 is 0 Å². The van der Waals surface area contributed by atoms with Crippen LogP contribution in [-0.2, 0) is 10.0 Å². The summed E-state index contributed by atoms with van der Waals surface area (Å²) in [5.74, 6) is 1.60. The van der Waals surface area contributed by atoms with Gasteiger partial charge in [0.25, 0.3) is 10.0 Å². The van der Waals surface area contributed by atoms with E-state index in [1.165, 1.54) is 0 Å². The van der Waals surface area contributed by atoms with E-state index in [9.17, 15) is 8.42 Å². The minimum absolute atomic E-state index is 0.138. The molecule has 28 heavy (non-hydrogen) atoms. The van der Waals surface area contributed by atoms with Gasteiger partial charge in [-0.15, -0.1) is 10.2 Å². The Morgan fingerprint density at radius 2 is 1.54 bits per heavy atom. The van der Waals surface area contributed by atoms with Crippen molar-refractivity contribution in [3.8, 4) is 5.75 Å². The number of hydrogen-bond acceptors (Lipinski definition) is 6. The molecule has 1 heterocycles. The van der Waals surface area contributed by atoms with E-state index in [1.807, 2.05) is 36.4 Å². The van der Waals surface area contributed by atoms with Gasteiger partial charge in [0.1, 0.15) is 5.75 Å². The lowest BCUT2D eigenvalue weighted by Gasteiger charge is -2.11. The summed E-state index contributed by atoms with van der Waals surface area (Å²) >= 11 is 0. The van der Waals surface area contributed by atoms with E-state index in [2.05, 4.69) is 34.1 Å². The summed E-state index contributed by atoms with van der Waals surface area (Å²) < 4.78 is 32.8. The van der Waals surface area contributed by atoms with Crippen LogP contribution in [0.25, 0.3) is 0 Å². The molecule has 0 saturated carbocycles. The molecule has 0 fully saturated rings. The van der Waals surface area contributed by atoms with Crippen molar-refractivity contribution in [2.24, 2.45) is 0 Å². The Bertz CT molecular complexity index is 1030. The van der Waals surface area contributed by atoms with Crippen molar-refractivity contribution in [3.63, 3.8) is 0 Å². The van der Waals surface area contributed by atoms with E-state index in [4.69, 9.17) is 4.74 Å². The maximum absolute atomic E-state index is 12.5. The molecule has 0 radical (unpaired) electrons. The fourth-order valence-electron chi connectivity index (χ4n) is 2.57. The van der Waals surface area contributed by atoms with Gasteiger partial charge >= 0.3 is 0 Å². The predicted molar refractivity (Wildman–Crippen MR) is 110 cm³/mol. The van der Waals surface area contributed by atoms with Gasteiger partial charge in [0.15, 0.2) is 11.6 Å². The maximum atomic E-state index is 12.5. The van der Waals surface area contributed by atoms with E-state index in [1.54, 1.807) is 31.4 Å². The molecule has 8 heteroatoms. The molecule has 1 aromatic heterocycles. The monoisotopic (exact) mass is 398 g/mol. The predicted octanol–water partition coefficient (Wildman–Crippen LogP) is 4.15. The second-order valence-corrected chi connectivity index (χ2v) is 8.14. The van der Waals surface area contributed by atoms with Crippen molar-refractivity contribution in [2.45, 2.75) is 24.7 Å². The molecule has 0 bridgehead atoms. The zero-order valence-corrected chi connectivity index (χ0v) is 16.7. The number of para-hydroxylation sites is 2. The van der Waals surface area contributed by atoms with Gasteiger partial charge in [0.2, 0.25) is 0 Å². The number of aromatic nitrogens is 2. The third kappa shape index (κ3) is 4.58. The van der Waals surface area contributed by atoms with Crippen molar-refractivity contribution >= 4 is 27.3 Å². The van der Waals surface area contributed by atoms with Crippen LogP contribution in [0.5, 0.6) is 5.75 Å². The van der Waals surface area contributed by atoms with Gasteiger partial charge in [-0.2, -0.15) is 0 Å². The second-order valence-electron chi connectivity index (χ2n) is 6.46. The van der Waals surface area contributed by atoms with Crippen LogP contribution < -0.4 is 14.8 Å². The van der Waals surface area contributed by atoms with Crippen LogP contribution in [0.3, 0.4) is 0 Å². The van der Waals surface area contributed by atoms with Crippen LogP contribution in [0, 0.1) is 0 Å². The smallest absolute Gasteiger partial charge is 0.263 e. The Hall–Kier alpha value is -3.13. The SMILES string of the molecule is COc1ccccc1Nc1ccc(NS(=O)(=O)c2ccc(C(C)C)cc2)nn1. The number of hydrogen-bond donors (Lipinski definition) is 2. The molecule has 0 unspecified atom stereocenters. The van der Waals surface area contributed by atoms with Gasteiger partial charge in [-0.1, -0.05) is 38.1 Å². The van der Waals surface area contributed by atoms with Crippen LogP contribution in [-0.4, -0.2) is 25.7 Å². The Morgan fingerprint density at radius 3 is 2.14 bits per heavy atom. The average Bonchev–Trinajstić information content (AvgIpc) is 2.70. The third-order valence-corrected chi connectivity index (χ3v) is 5.50. The molecule has 3 rings (SSSR count). The zero-order valence-electron chi connectivity index (χ0n) is 15.9. The summed E-state index contributed by atoms with van der Waals surface area (Å²) in [6.07, 6.45) is 0. The Kier molecular flexibility index (Phi) is 5.79. The van der Waals surface area contributed by atoms with Gasteiger partial charge in [-0.05, 0) is 47.9 Å². The van der Waals surface area contributed by atoms with E-state index in [0.717, 1.165) is 11.3 Å². The highest BCUT2D eigenvalue weighted by atomic mass is 32.2. The normalized spacial score (nSPS) is 11.3. The quantitative estimate of drug-likeness (QED) is 0.621. The summed E-state index contributed by atoms with van der Waals surface area (Å²) in [6.45, 7) is 4.11. The highest BCUT2D eigenvalue weighted by molar-refractivity contribution is 7.92. The standard InChI is InChI=1S/C20H22N4O3S/c1-14(2)15-8-10-16(11-9-15)28(25,26)24-20-13-12-19(22-23-20)21-17-6-4-5-7-18(17)27-3/h4-14H,1-3H3,(H,21,22)(H,23,24). The van der Waals surface area contributed by atoms with Gasteiger partial charge in [0, 0.05) is 0 Å². The first-order valence-electron chi connectivity index (χ1n) is 8.75. The molecule has 0 saturated heterocycles. The lowest BCUT2D eigenvalue weighted by molar-refractivity contribution is 0.417. The lowest BCUT2D eigenvalue weighted by Crippen LogP contribution is -2.14. The van der Waals surface area contributed by atoms with Gasteiger partial charge in [0.05, 0.1) is 17.7 Å². The number of ether oxygens (including phenoxy) is 1. The number of methoxy groups -OCH3 is 1. The highest BCUT2D eigenvalue weighted by Gasteiger charge is 2.15. The maximum Gasteiger partial charge on any atom is 0.263 e. The fraction of sp³-hybridized carbons (Fsp3) is 0.200. The molecule has 0 atom stereocenters. The first-order chi connectivity index (χ1) is 13.4. The summed E-state index contributed by atoms with van der Waals surface area (Å²) in [4.78, 5) is 0.176. The molecular formula is C20H22N4O3S. The molecule has 0 aliphatic rings. The minimum Gasteiger partial charge on any atom is -0.495 e. The molecule has 0 aliphatic carbocycles. The number of sulfonamides is 1. The molecular weight excluding hydrogens is 376 g/mol. The average molecular weight is 398 g/mol.